The Bertz CT molecular complexity index is 540. The maximum atomic E-state index is 11.9. The first-order chi connectivity index (χ1) is 9.06. The Kier molecular flexibility index (Phi) is 3.69. The van der Waals surface area contributed by atoms with Gasteiger partial charge in [0, 0.05) is 5.69 Å². The van der Waals surface area contributed by atoms with E-state index in [1.54, 1.807) is 6.92 Å². The van der Waals surface area contributed by atoms with E-state index in [0.29, 0.717) is 24.1 Å². The third kappa shape index (κ3) is 2.38. The molecule has 0 saturated heterocycles. The van der Waals surface area contributed by atoms with Gasteiger partial charge in [-0.15, -0.1) is 0 Å². The van der Waals surface area contributed by atoms with Gasteiger partial charge in [0.1, 0.15) is 11.4 Å². The number of nitrogen functional groups attached to an aromatic ring is 1. The summed E-state index contributed by atoms with van der Waals surface area (Å²) >= 11 is 0. The third-order valence-corrected chi connectivity index (χ3v) is 3.20. The molecule has 1 aromatic heterocycles. The standard InChI is InChI=1S/C13H16N2O4/c1-2-19-13(18)10-9(12(16)17)7-5-3-4-6-8(7)15-11(10)14/h2-6H2,1H3,(H2,14,15)(H,16,17). The van der Waals surface area contributed by atoms with Crippen LogP contribution in [-0.2, 0) is 17.6 Å². The van der Waals surface area contributed by atoms with E-state index in [1.165, 1.54) is 0 Å². The van der Waals surface area contributed by atoms with Crippen molar-refractivity contribution in [3.8, 4) is 0 Å². The number of pyridine rings is 1. The SMILES string of the molecule is CCOC(=O)c1c(N)nc2c(c1C(=O)O)CCCC2. The molecule has 6 nitrogen and oxygen atoms in total. The zero-order chi connectivity index (χ0) is 14.0. The second-order valence-corrected chi connectivity index (χ2v) is 4.41. The molecule has 0 radical (unpaired) electrons. The van der Waals surface area contributed by atoms with Crippen molar-refractivity contribution < 1.29 is 19.4 Å². The van der Waals surface area contributed by atoms with E-state index in [4.69, 9.17) is 10.5 Å². The smallest absolute Gasteiger partial charge is 0.342 e. The van der Waals surface area contributed by atoms with E-state index in [-0.39, 0.29) is 23.6 Å². The van der Waals surface area contributed by atoms with Crippen molar-refractivity contribution in [2.45, 2.75) is 32.6 Å². The highest BCUT2D eigenvalue weighted by atomic mass is 16.5. The van der Waals surface area contributed by atoms with Gasteiger partial charge in [-0.3, -0.25) is 0 Å². The van der Waals surface area contributed by atoms with Crippen LogP contribution in [0.25, 0.3) is 0 Å². The Hall–Kier alpha value is -2.11. The molecule has 1 aliphatic rings. The lowest BCUT2D eigenvalue weighted by atomic mass is 9.89. The van der Waals surface area contributed by atoms with Crippen LogP contribution in [-0.4, -0.2) is 28.6 Å². The fraction of sp³-hybridized carbons (Fsp3) is 0.462. The lowest BCUT2D eigenvalue weighted by molar-refractivity contribution is 0.0515. The zero-order valence-corrected chi connectivity index (χ0v) is 10.7. The second-order valence-electron chi connectivity index (χ2n) is 4.41. The summed E-state index contributed by atoms with van der Waals surface area (Å²) in [5, 5.41) is 9.37. The van der Waals surface area contributed by atoms with Gasteiger partial charge in [0.25, 0.3) is 0 Å². The van der Waals surface area contributed by atoms with Gasteiger partial charge in [0.05, 0.1) is 12.2 Å². The van der Waals surface area contributed by atoms with Crippen LogP contribution in [0.15, 0.2) is 0 Å². The Morgan fingerprint density at radius 2 is 2.00 bits per heavy atom. The molecule has 0 saturated carbocycles. The van der Waals surface area contributed by atoms with Gasteiger partial charge in [-0.25, -0.2) is 14.6 Å². The largest absolute Gasteiger partial charge is 0.478 e. The first kappa shape index (κ1) is 13.3. The van der Waals surface area contributed by atoms with E-state index < -0.39 is 11.9 Å². The minimum absolute atomic E-state index is 0.0411. The first-order valence-corrected chi connectivity index (χ1v) is 6.27. The highest BCUT2D eigenvalue weighted by molar-refractivity contribution is 6.06. The Labute approximate surface area is 110 Å². The number of aromatic nitrogens is 1. The van der Waals surface area contributed by atoms with Crippen LogP contribution in [0.1, 0.15) is 51.7 Å². The van der Waals surface area contributed by atoms with Crippen LogP contribution in [0.4, 0.5) is 5.82 Å². The molecule has 0 aromatic carbocycles. The van der Waals surface area contributed by atoms with Crippen molar-refractivity contribution in [3.63, 3.8) is 0 Å². The average Bonchev–Trinajstić information content (AvgIpc) is 2.37. The van der Waals surface area contributed by atoms with Crippen molar-refractivity contribution in [3.05, 3.63) is 22.4 Å². The highest BCUT2D eigenvalue weighted by Crippen LogP contribution is 2.29. The molecular formula is C13H16N2O4. The van der Waals surface area contributed by atoms with Crippen LogP contribution < -0.4 is 5.73 Å². The summed E-state index contributed by atoms with van der Waals surface area (Å²) in [4.78, 5) is 27.5. The summed E-state index contributed by atoms with van der Waals surface area (Å²) in [6, 6.07) is 0. The number of aryl methyl sites for hydroxylation is 1. The van der Waals surface area contributed by atoms with Gasteiger partial charge < -0.3 is 15.6 Å². The molecule has 0 spiro atoms. The molecule has 1 heterocycles. The van der Waals surface area contributed by atoms with Crippen molar-refractivity contribution >= 4 is 17.8 Å². The molecule has 6 heteroatoms. The molecule has 1 aromatic rings. The molecule has 0 amide bonds. The lowest BCUT2D eigenvalue weighted by Crippen LogP contribution is -2.21. The third-order valence-electron chi connectivity index (χ3n) is 3.20. The first-order valence-electron chi connectivity index (χ1n) is 6.27. The number of anilines is 1. The van der Waals surface area contributed by atoms with Gasteiger partial charge in [-0.1, -0.05) is 0 Å². The van der Waals surface area contributed by atoms with Gasteiger partial charge >= 0.3 is 11.9 Å². The van der Waals surface area contributed by atoms with Crippen LogP contribution in [0.5, 0.6) is 0 Å². The number of nitrogens with two attached hydrogens (primary N) is 1. The molecule has 2 rings (SSSR count). The number of hydrogen-bond donors (Lipinski definition) is 2. The predicted molar refractivity (Wildman–Crippen MR) is 68.2 cm³/mol. The Balaban J connectivity index is 2.64. The summed E-state index contributed by atoms with van der Waals surface area (Å²) < 4.78 is 4.87. The van der Waals surface area contributed by atoms with Gasteiger partial charge in [-0.05, 0) is 38.2 Å². The molecule has 102 valence electrons. The number of ether oxygens (including phenoxy) is 1. The molecule has 0 atom stereocenters. The van der Waals surface area contributed by atoms with E-state index in [0.717, 1.165) is 12.8 Å². The van der Waals surface area contributed by atoms with Crippen molar-refractivity contribution in [2.75, 3.05) is 12.3 Å². The average molecular weight is 264 g/mol. The molecule has 0 aliphatic heterocycles. The quantitative estimate of drug-likeness (QED) is 0.800. The van der Waals surface area contributed by atoms with E-state index in [1.807, 2.05) is 0 Å². The molecule has 0 bridgehead atoms. The number of fused-ring (bicyclic) bond motifs is 1. The van der Waals surface area contributed by atoms with Crippen LogP contribution in [0.3, 0.4) is 0 Å². The summed E-state index contributed by atoms with van der Waals surface area (Å²) in [5.41, 5.74) is 6.89. The van der Waals surface area contributed by atoms with Crippen LogP contribution in [0, 0.1) is 0 Å². The molecule has 3 N–H and O–H groups in total. The topological polar surface area (TPSA) is 103 Å². The summed E-state index contributed by atoms with van der Waals surface area (Å²) in [6.45, 7) is 1.81. The fourth-order valence-electron chi connectivity index (χ4n) is 2.41. The summed E-state index contributed by atoms with van der Waals surface area (Å²) in [5.74, 6) is -1.94. The molecule has 0 unspecified atom stereocenters. The number of nitrogens with zero attached hydrogens (tertiary/aromatic N) is 1. The lowest BCUT2D eigenvalue weighted by Gasteiger charge is -2.20. The number of aromatic carboxylic acids is 1. The van der Waals surface area contributed by atoms with Crippen molar-refractivity contribution in [2.24, 2.45) is 0 Å². The van der Waals surface area contributed by atoms with Crippen molar-refractivity contribution in [1.29, 1.82) is 0 Å². The molecule has 19 heavy (non-hydrogen) atoms. The predicted octanol–water partition coefficient (Wildman–Crippen LogP) is 1.42. The maximum Gasteiger partial charge on any atom is 0.342 e. The van der Waals surface area contributed by atoms with Gasteiger partial charge in [-0.2, -0.15) is 0 Å². The number of carboxylic acid groups (broad SMARTS) is 1. The minimum Gasteiger partial charge on any atom is -0.478 e. The number of rotatable bonds is 3. The molecule has 1 aliphatic carbocycles. The fourth-order valence-corrected chi connectivity index (χ4v) is 2.41. The molecular weight excluding hydrogens is 248 g/mol. The summed E-state index contributed by atoms with van der Waals surface area (Å²) in [7, 11) is 0. The number of carbonyl (C=O) groups excluding carboxylic acids is 1. The van der Waals surface area contributed by atoms with E-state index >= 15 is 0 Å². The second kappa shape index (κ2) is 5.26. The van der Waals surface area contributed by atoms with Crippen LogP contribution in [0.2, 0.25) is 0 Å². The zero-order valence-electron chi connectivity index (χ0n) is 10.7. The number of carboxylic acids is 1. The normalized spacial score (nSPS) is 13.7. The summed E-state index contributed by atoms with van der Waals surface area (Å²) in [6.07, 6.45) is 3.15. The molecule has 0 fully saturated rings. The van der Waals surface area contributed by atoms with Crippen LogP contribution >= 0.6 is 0 Å². The Morgan fingerprint density at radius 1 is 1.32 bits per heavy atom. The maximum absolute atomic E-state index is 11.9. The number of esters is 1. The van der Waals surface area contributed by atoms with Crippen molar-refractivity contribution in [1.82, 2.24) is 4.98 Å². The van der Waals surface area contributed by atoms with E-state index in [2.05, 4.69) is 4.98 Å². The highest BCUT2D eigenvalue weighted by Gasteiger charge is 2.29. The monoisotopic (exact) mass is 264 g/mol. The number of hydrogen-bond acceptors (Lipinski definition) is 5. The van der Waals surface area contributed by atoms with E-state index in [9.17, 15) is 14.7 Å². The van der Waals surface area contributed by atoms with Gasteiger partial charge in [0.15, 0.2) is 0 Å². The number of carbonyl (C=O) groups is 2. The Morgan fingerprint density at radius 3 is 2.63 bits per heavy atom. The minimum atomic E-state index is -1.16. The van der Waals surface area contributed by atoms with Gasteiger partial charge in [0.2, 0.25) is 0 Å².